The summed E-state index contributed by atoms with van der Waals surface area (Å²) in [6, 6.07) is 25.7. The Morgan fingerprint density at radius 3 is 2.35 bits per heavy atom. The highest BCUT2D eigenvalue weighted by atomic mass is 32.2. The number of amides is 1. The van der Waals surface area contributed by atoms with Crippen LogP contribution in [0.2, 0.25) is 0 Å². The van der Waals surface area contributed by atoms with E-state index in [-0.39, 0.29) is 5.91 Å². The van der Waals surface area contributed by atoms with E-state index in [0.29, 0.717) is 18.0 Å². The van der Waals surface area contributed by atoms with Gasteiger partial charge in [-0.25, -0.2) is 4.98 Å². The quantitative estimate of drug-likeness (QED) is 0.357. The fraction of sp³-hybridized carbons (Fsp3) is 0.154. The van der Waals surface area contributed by atoms with Crippen LogP contribution in [0.25, 0.3) is 11.5 Å². The number of hydrogen-bond donors (Lipinski definition) is 1. The molecule has 4 rings (SSSR count). The van der Waals surface area contributed by atoms with E-state index in [4.69, 9.17) is 4.42 Å². The zero-order valence-electron chi connectivity index (χ0n) is 17.6. The molecule has 3 aromatic carbocycles. The number of oxazole rings is 1. The number of thioether (sulfide) groups is 1. The predicted octanol–water partition coefficient (Wildman–Crippen LogP) is 6.18. The molecule has 0 unspecified atom stereocenters. The summed E-state index contributed by atoms with van der Waals surface area (Å²) in [7, 11) is 0. The fourth-order valence-corrected chi connectivity index (χ4v) is 4.02. The van der Waals surface area contributed by atoms with E-state index >= 15 is 0 Å². The standard InChI is InChI=1S/C26H24N2O2S/c1-18-8-14-23(15-9-18)31-17-24-19(2)30-26(28-24)22-12-10-21(11-13-22)25(29)27-16-20-6-4-3-5-7-20/h3-15H,16-17H2,1-2H3,(H,27,29). The average Bonchev–Trinajstić information content (AvgIpc) is 3.18. The van der Waals surface area contributed by atoms with Gasteiger partial charge in [0.25, 0.3) is 5.91 Å². The van der Waals surface area contributed by atoms with E-state index in [0.717, 1.165) is 28.3 Å². The minimum absolute atomic E-state index is 0.103. The van der Waals surface area contributed by atoms with Gasteiger partial charge in [-0.1, -0.05) is 48.0 Å². The lowest BCUT2D eigenvalue weighted by Gasteiger charge is -2.05. The summed E-state index contributed by atoms with van der Waals surface area (Å²) in [5, 5.41) is 2.94. The van der Waals surface area contributed by atoms with Gasteiger partial charge in [-0.05, 0) is 55.8 Å². The minimum atomic E-state index is -0.103. The van der Waals surface area contributed by atoms with Gasteiger partial charge in [-0.15, -0.1) is 11.8 Å². The fourth-order valence-electron chi connectivity index (χ4n) is 3.12. The SMILES string of the molecule is Cc1ccc(SCc2nc(-c3ccc(C(=O)NCc4ccccc4)cc3)oc2C)cc1. The maximum Gasteiger partial charge on any atom is 0.251 e. The van der Waals surface area contributed by atoms with E-state index in [2.05, 4.69) is 41.5 Å². The Morgan fingerprint density at radius 1 is 0.935 bits per heavy atom. The van der Waals surface area contributed by atoms with Crippen LogP contribution in [0.15, 0.2) is 88.2 Å². The lowest BCUT2D eigenvalue weighted by atomic mass is 10.1. The summed E-state index contributed by atoms with van der Waals surface area (Å²) >= 11 is 1.74. The van der Waals surface area contributed by atoms with Crippen molar-refractivity contribution >= 4 is 17.7 Å². The van der Waals surface area contributed by atoms with E-state index in [9.17, 15) is 4.79 Å². The Morgan fingerprint density at radius 2 is 1.65 bits per heavy atom. The van der Waals surface area contributed by atoms with E-state index in [1.54, 1.807) is 23.9 Å². The zero-order chi connectivity index (χ0) is 21.6. The van der Waals surface area contributed by atoms with Gasteiger partial charge in [0.1, 0.15) is 5.76 Å². The first-order valence-corrected chi connectivity index (χ1v) is 11.2. The Kier molecular flexibility index (Phi) is 6.53. The number of aryl methyl sites for hydroxylation is 2. The lowest BCUT2D eigenvalue weighted by Crippen LogP contribution is -2.22. The Balaban J connectivity index is 1.38. The summed E-state index contributed by atoms with van der Waals surface area (Å²) in [4.78, 5) is 18.3. The summed E-state index contributed by atoms with van der Waals surface area (Å²) in [6.07, 6.45) is 0. The van der Waals surface area contributed by atoms with Crippen molar-refractivity contribution in [2.45, 2.75) is 31.0 Å². The van der Waals surface area contributed by atoms with Gasteiger partial charge in [-0.3, -0.25) is 4.79 Å². The molecular weight excluding hydrogens is 404 g/mol. The predicted molar refractivity (Wildman–Crippen MR) is 125 cm³/mol. The molecule has 1 heterocycles. The molecule has 0 atom stereocenters. The van der Waals surface area contributed by atoms with Crippen LogP contribution in [0.1, 0.15) is 32.9 Å². The second-order valence-corrected chi connectivity index (χ2v) is 8.42. The second kappa shape index (κ2) is 9.67. The van der Waals surface area contributed by atoms with Crippen molar-refractivity contribution in [1.29, 1.82) is 0 Å². The molecular formula is C26H24N2O2S. The van der Waals surface area contributed by atoms with Crippen molar-refractivity contribution in [3.05, 3.63) is 107 Å². The largest absolute Gasteiger partial charge is 0.441 e. The van der Waals surface area contributed by atoms with Gasteiger partial charge in [0.2, 0.25) is 5.89 Å². The molecule has 1 aromatic heterocycles. The van der Waals surface area contributed by atoms with Gasteiger partial charge >= 0.3 is 0 Å². The van der Waals surface area contributed by atoms with Crippen LogP contribution in [0, 0.1) is 13.8 Å². The molecule has 0 radical (unpaired) electrons. The minimum Gasteiger partial charge on any atom is -0.441 e. The van der Waals surface area contributed by atoms with Crippen LogP contribution in [-0.4, -0.2) is 10.9 Å². The van der Waals surface area contributed by atoms with Crippen LogP contribution in [0.4, 0.5) is 0 Å². The van der Waals surface area contributed by atoms with Gasteiger partial charge in [-0.2, -0.15) is 0 Å². The van der Waals surface area contributed by atoms with Crippen LogP contribution >= 0.6 is 11.8 Å². The van der Waals surface area contributed by atoms with Crippen molar-refractivity contribution in [2.75, 3.05) is 0 Å². The van der Waals surface area contributed by atoms with Crippen molar-refractivity contribution in [1.82, 2.24) is 10.3 Å². The topological polar surface area (TPSA) is 55.1 Å². The molecule has 31 heavy (non-hydrogen) atoms. The summed E-state index contributed by atoms with van der Waals surface area (Å²) in [6.45, 7) is 4.52. The normalized spacial score (nSPS) is 10.8. The van der Waals surface area contributed by atoms with Crippen LogP contribution in [-0.2, 0) is 12.3 Å². The maximum atomic E-state index is 12.4. The Hall–Kier alpha value is -3.31. The van der Waals surface area contributed by atoms with Crippen molar-refractivity contribution in [3.8, 4) is 11.5 Å². The molecule has 0 aliphatic carbocycles. The molecule has 0 bridgehead atoms. The first kappa shape index (κ1) is 20.9. The molecule has 5 heteroatoms. The van der Waals surface area contributed by atoms with Crippen molar-refractivity contribution < 1.29 is 9.21 Å². The molecule has 1 N–H and O–H groups in total. The van der Waals surface area contributed by atoms with Gasteiger partial charge in [0.05, 0.1) is 5.69 Å². The molecule has 0 aliphatic heterocycles. The van der Waals surface area contributed by atoms with Crippen molar-refractivity contribution in [3.63, 3.8) is 0 Å². The number of nitrogens with one attached hydrogen (secondary N) is 1. The smallest absolute Gasteiger partial charge is 0.251 e. The second-order valence-electron chi connectivity index (χ2n) is 7.37. The number of rotatable bonds is 7. The average molecular weight is 429 g/mol. The molecule has 1 amide bonds. The third-order valence-electron chi connectivity index (χ3n) is 4.98. The van der Waals surface area contributed by atoms with Crippen molar-refractivity contribution in [2.24, 2.45) is 0 Å². The molecule has 0 aliphatic rings. The lowest BCUT2D eigenvalue weighted by molar-refractivity contribution is 0.0951. The van der Waals surface area contributed by atoms with Gasteiger partial charge in [0, 0.05) is 28.3 Å². The van der Waals surface area contributed by atoms with Crippen LogP contribution in [0.5, 0.6) is 0 Å². The van der Waals surface area contributed by atoms with E-state index in [1.807, 2.05) is 49.4 Å². The molecule has 4 nitrogen and oxygen atoms in total. The number of aromatic nitrogens is 1. The summed E-state index contributed by atoms with van der Waals surface area (Å²) in [5.41, 5.74) is 4.72. The first-order valence-electron chi connectivity index (χ1n) is 10.2. The summed E-state index contributed by atoms with van der Waals surface area (Å²) in [5.74, 6) is 2.04. The first-order chi connectivity index (χ1) is 15.1. The number of carbonyl (C=O) groups is 1. The Bertz CT molecular complexity index is 1150. The molecule has 0 spiro atoms. The van der Waals surface area contributed by atoms with E-state index in [1.165, 1.54) is 10.5 Å². The Labute approximate surface area is 186 Å². The number of hydrogen-bond acceptors (Lipinski definition) is 4. The highest BCUT2D eigenvalue weighted by Gasteiger charge is 2.13. The monoisotopic (exact) mass is 428 g/mol. The van der Waals surface area contributed by atoms with Gasteiger partial charge in [0.15, 0.2) is 0 Å². The maximum absolute atomic E-state index is 12.4. The number of carbonyl (C=O) groups excluding carboxylic acids is 1. The molecule has 0 saturated heterocycles. The highest BCUT2D eigenvalue weighted by molar-refractivity contribution is 7.98. The third-order valence-corrected chi connectivity index (χ3v) is 6.00. The van der Waals surface area contributed by atoms with Gasteiger partial charge < -0.3 is 9.73 Å². The molecule has 0 saturated carbocycles. The number of nitrogens with zero attached hydrogens (tertiary/aromatic N) is 1. The van der Waals surface area contributed by atoms with E-state index < -0.39 is 0 Å². The van der Waals surface area contributed by atoms with Crippen LogP contribution < -0.4 is 5.32 Å². The molecule has 4 aromatic rings. The number of benzene rings is 3. The zero-order valence-corrected chi connectivity index (χ0v) is 18.4. The molecule has 156 valence electrons. The van der Waals surface area contributed by atoms with Crippen LogP contribution in [0.3, 0.4) is 0 Å². The summed E-state index contributed by atoms with van der Waals surface area (Å²) < 4.78 is 5.89. The highest BCUT2D eigenvalue weighted by Crippen LogP contribution is 2.28. The molecule has 0 fully saturated rings. The third kappa shape index (κ3) is 5.44.